The number of hydrogen-bond acceptors (Lipinski definition) is 6. The summed E-state index contributed by atoms with van der Waals surface area (Å²) in [6, 6.07) is -1.86. The van der Waals surface area contributed by atoms with E-state index in [0.29, 0.717) is 18.9 Å². The van der Waals surface area contributed by atoms with Crippen LogP contribution in [0.4, 0.5) is 0 Å². The van der Waals surface area contributed by atoms with Crippen LogP contribution in [0.2, 0.25) is 0 Å². The Kier molecular flexibility index (Phi) is 11.2. The highest BCUT2D eigenvalue weighted by molar-refractivity contribution is 5.92. The van der Waals surface area contributed by atoms with Crippen molar-refractivity contribution in [3.8, 4) is 0 Å². The second-order valence-corrected chi connectivity index (χ2v) is 6.97. The van der Waals surface area contributed by atoms with E-state index >= 15 is 0 Å². The topological polar surface area (TPSA) is 148 Å². The quantitative estimate of drug-likeness (QED) is 0.311. The van der Waals surface area contributed by atoms with Crippen molar-refractivity contribution in [2.24, 2.45) is 23.3 Å². The van der Waals surface area contributed by atoms with Crippen LogP contribution in [0.15, 0.2) is 0 Å². The highest BCUT2D eigenvalue weighted by Crippen LogP contribution is 2.14. The number of hydrogen-bond donors (Lipinski definition) is 5. The molecule has 0 radical (unpaired) electrons. The summed E-state index contributed by atoms with van der Waals surface area (Å²) in [6.07, 6.45) is 0.184. The van der Waals surface area contributed by atoms with Crippen molar-refractivity contribution in [1.82, 2.24) is 10.6 Å². The van der Waals surface area contributed by atoms with Crippen LogP contribution in [0.25, 0.3) is 0 Å². The molecule has 25 heavy (non-hydrogen) atoms. The molecule has 0 aromatic carbocycles. The molecule has 0 aromatic rings. The Bertz CT molecular complexity index is 440. The number of carbonyl (C=O) groups is 3. The number of Topliss-reactive ketones (excluding diaryl/α,β-unsaturated/α-hetero) is 1. The van der Waals surface area contributed by atoms with Crippen molar-refractivity contribution in [2.45, 2.75) is 65.1 Å². The highest BCUT2D eigenvalue weighted by atomic mass is 16.3. The number of aliphatic hydroxyl groups is 1. The highest BCUT2D eigenvalue weighted by Gasteiger charge is 2.29. The van der Waals surface area contributed by atoms with E-state index in [2.05, 4.69) is 10.6 Å². The molecule has 0 aliphatic rings. The second kappa shape index (κ2) is 11.9. The first kappa shape index (κ1) is 23.5. The first-order chi connectivity index (χ1) is 11.6. The van der Waals surface area contributed by atoms with Crippen LogP contribution in [-0.2, 0) is 14.4 Å². The number of carbonyl (C=O) groups excluding carboxylic acids is 3. The molecule has 0 rings (SSSR count). The molecule has 0 saturated heterocycles. The largest absolute Gasteiger partial charge is 0.391 e. The zero-order valence-corrected chi connectivity index (χ0v) is 15.7. The molecule has 0 heterocycles. The van der Waals surface area contributed by atoms with Crippen molar-refractivity contribution in [2.75, 3.05) is 13.1 Å². The van der Waals surface area contributed by atoms with Gasteiger partial charge in [-0.3, -0.25) is 14.4 Å². The number of nitrogens with two attached hydrogens (primary N) is 2. The third-order valence-corrected chi connectivity index (χ3v) is 3.96. The molecule has 7 N–H and O–H groups in total. The van der Waals surface area contributed by atoms with Gasteiger partial charge in [-0.15, -0.1) is 0 Å². The molecule has 8 nitrogen and oxygen atoms in total. The standard InChI is InChI=1S/C17H34N4O4/c1-10(2)7-13(9-19)8-15(24)21-16(12(4)23)17(25)20-14(5-6-18)11(3)22/h10,12-14,16,23H,5-9,18-19H2,1-4H3,(H,20,25)(H,21,24)/t12-,13+,14-,16-/m0/s1. The number of amides is 2. The van der Waals surface area contributed by atoms with Gasteiger partial charge in [0.1, 0.15) is 6.04 Å². The lowest BCUT2D eigenvalue weighted by Crippen LogP contribution is -2.56. The zero-order chi connectivity index (χ0) is 19.6. The Morgan fingerprint density at radius 3 is 2.08 bits per heavy atom. The first-order valence-corrected chi connectivity index (χ1v) is 8.80. The maximum absolute atomic E-state index is 12.3. The second-order valence-electron chi connectivity index (χ2n) is 6.97. The average molecular weight is 358 g/mol. The molecule has 8 heteroatoms. The van der Waals surface area contributed by atoms with Crippen molar-refractivity contribution in [3.63, 3.8) is 0 Å². The minimum absolute atomic E-state index is 0.0138. The van der Waals surface area contributed by atoms with E-state index in [1.165, 1.54) is 13.8 Å². The van der Waals surface area contributed by atoms with Gasteiger partial charge in [0, 0.05) is 6.42 Å². The summed E-state index contributed by atoms with van der Waals surface area (Å²) >= 11 is 0. The molecule has 0 unspecified atom stereocenters. The van der Waals surface area contributed by atoms with Crippen molar-refractivity contribution in [3.05, 3.63) is 0 Å². The molecule has 0 aromatic heterocycles. The van der Waals surface area contributed by atoms with Crippen LogP contribution in [0.3, 0.4) is 0 Å². The van der Waals surface area contributed by atoms with E-state index < -0.39 is 24.1 Å². The van der Waals surface area contributed by atoms with Crippen LogP contribution in [0.5, 0.6) is 0 Å². The summed E-state index contributed by atoms with van der Waals surface area (Å²) in [6.45, 7) is 7.47. The van der Waals surface area contributed by atoms with Crippen LogP contribution in [-0.4, -0.2) is 54.0 Å². The van der Waals surface area contributed by atoms with Gasteiger partial charge in [-0.2, -0.15) is 0 Å². The Labute approximate surface area is 150 Å². The molecule has 0 fully saturated rings. The van der Waals surface area contributed by atoms with Gasteiger partial charge >= 0.3 is 0 Å². The van der Waals surface area contributed by atoms with Gasteiger partial charge in [0.25, 0.3) is 0 Å². The Morgan fingerprint density at radius 1 is 1.08 bits per heavy atom. The smallest absolute Gasteiger partial charge is 0.245 e. The molecule has 0 bridgehead atoms. The predicted molar refractivity (Wildman–Crippen MR) is 96.5 cm³/mol. The van der Waals surface area contributed by atoms with Gasteiger partial charge in [-0.25, -0.2) is 0 Å². The molecular formula is C17H34N4O4. The lowest BCUT2D eigenvalue weighted by atomic mass is 9.94. The first-order valence-electron chi connectivity index (χ1n) is 8.80. The molecule has 0 aliphatic carbocycles. The van der Waals surface area contributed by atoms with E-state index in [0.717, 1.165) is 6.42 Å². The zero-order valence-electron chi connectivity index (χ0n) is 15.7. The molecular weight excluding hydrogens is 324 g/mol. The SMILES string of the molecule is CC(=O)[C@H](CCN)NC(=O)[C@@H](NC(=O)C[C@H](CN)CC(C)C)[C@H](C)O. The van der Waals surface area contributed by atoms with Gasteiger partial charge in [0.05, 0.1) is 12.1 Å². The fourth-order valence-electron chi connectivity index (χ4n) is 2.63. The summed E-state index contributed by atoms with van der Waals surface area (Å²) in [5.41, 5.74) is 11.1. The van der Waals surface area contributed by atoms with Gasteiger partial charge in [0.2, 0.25) is 11.8 Å². The Hall–Kier alpha value is -1.51. The molecule has 146 valence electrons. The molecule has 0 spiro atoms. The van der Waals surface area contributed by atoms with Crippen LogP contribution in [0.1, 0.15) is 47.0 Å². The summed E-state index contributed by atoms with van der Waals surface area (Å²) in [4.78, 5) is 36.1. The molecule has 2 amide bonds. The van der Waals surface area contributed by atoms with Gasteiger partial charge in [0.15, 0.2) is 5.78 Å². The third kappa shape index (κ3) is 9.52. The average Bonchev–Trinajstić information content (AvgIpc) is 2.50. The predicted octanol–water partition coefficient (Wildman–Crippen LogP) is -0.714. The van der Waals surface area contributed by atoms with E-state index in [1.54, 1.807) is 0 Å². The maximum Gasteiger partial charge on any atom is 0.245 e. The summed E-state index contributed by atoms with van der Waals surface area (Å²) in [7, 11) is 0. The van der Waals surface area contributed by atoms with Gasteiger partial charge < -0.3 is 27.2 Å². The van der Waals surface area contributed by atoms with Gasteiger partial charge in [-0.1, -0.05) is 13.8 Å². The molecule has 0 saturated carbocycles. The van der Waals surface area contributed by atoms with E-state index in [1.807, 2.05) is 13.8 Å². The fourth-order valence-corrected chi connectivity index (χ4v) is 2.63. The van der Waals surface area contributed by atoms with Crippen LogP contribution >= 0.6 is 0 Å². The van der Waals surface area contributed by atoms with E-state index in [4.69, 9.17) is 11.5 Å². The lowest BCUT2D eigenvalue weighted by Gasteiger charge is -2.25. The Morgan fingerprint density at radius 2 is 1.68 bits per heavy atom. The minimum Gasteiger partial charge on any atom is -0.391 e. The summed E-state index contributed by atoms with van der Waals surface area (Å²) in [5.74, 6) is -0.764. The number of ketones is 1. The third-order valence-electron chi connectivity index (χ3n) is 3.96. The van der Waals surface area contributed by atoms with Gasteiger partial charge in [-0.05, 0) is 51.6 Å². The lowest BCUT2D eigenvalue weighted by molar-refractivity contribution is -0.133. The number of aliphatic hydroxyl groups excluding tert-OH is 1. The Balaban J connectivity index is 4.85. The number of nitrogens with one attached hydrogen (secondary N) is 2. The van der Waals surface area contributed by atoms with Crippen molar-refractivity contribution >= 4 is 17.6 Å². The van der Waals surface area contributed by atoms with E-state index in [-0.39, 0.29) is 30.6 Å². The number of rotatable bonds is 12. The molecule has 0 aliphatic heterocycles. The summed E-state index contributed by atoms with van der Waals surface area (Å²) < 4.78 is 0. The van der Waals surface area contributed by atoms with Crippen LogP contribution in [0, 0.1) is 11.8 Å². The fraction of sp³-hybridized carbons (Fsp3) is 0.824. The van der Waals surface area contributed by atoms with Crippen molar-refractivity contribution < 1.29 is 19.5 Å². The van der Waals surface area contributed by atoms with Crippen LogP contribution < -0.4 is 22.1 Å². The normalized spacial score (nSPS) is 16.0. The maximum atomic E-state index is 12.3. The summed E-state index contributed by atoms with van der Waals surface area (Å²) in [5, 5.41) is 14.9. The van der Waals surface area contributed by atoms with Crippen molar-refractivity contribution in [1.29, 1.82) is 0 Å². The van der Waals surface area contributed by atoms with E-state index in [9.17, 15) is 19.5 Å². The minimum atomic E-state index is -1.13. The monoisotopic (exact) mass is 358 g/mol. The molecule has 4 atom stereocenters.